The van der Waals surface area contributed by atoms with Gasteiger partial charge >= 0.3 is 0 Å². The maximum atomic E-state index is 13.4. The van der Waals surface area contributed by atoms with Crippen LogP contribution >= 0.6 is 0 Å². The number of aryl methyl sites for hydroxylation is 2. The Bertz CT molecular complexity index is 1710. The Morgan fingerprint density at radius 3 is 2.39 bits per heavy atom. The molecule has 0 amide bonds. The number of hydrogen-bond donors (Lipinski definition) is 0. The highest BCUT2D eigenvalue weighted by molar-refractivity contribution is 5.98. The van der Waals surface area contributed by atoms with Gasteiger partial charge in [0.2, 0.25) is 0 Å². The summed E-state index contributed by atoms with van der Waals surface area (Å²) in [5, 5.41) is 0. The number of carbonyl (C=O) groups is 1. The van der Waals surface area contributed by atoms with Crippen LogP contribution < -0.4 is 15.0 Å². The lowest BCUT2D eigenvalue weighted by Crippen LogP contribution is -2.29. The van der Waals surface area contributed by atoms with Crippen LogP contribution in [-0.2, 0) is 6.42 Å². The number of hydrogen-bond acceptors (Lipinski definition) is 6. The van der Waals surface area contributed by atoms with Crippen LogP contribution in [0.25, 0.3) is 16.7 Å². The fourth-order valence-electron chi connectivity index (χ4n) is 4.40. The summed E-state index contributed by atoms with van der Waals surface area (Å²) in [6, 6.07) is 18.0. The highest BCUT2D eigenvalue weighted by Crippen LogP contribution is 2.29. The Kier molecular flexibility index (Phi) is 6.70. The van der Waals surface area contributed by atoms with Crippen molar-refractivity contribution in [1.29, 1.82) is 0 Å². The van der Waals surface area contributed by atoms with Gasteiger partial charge in [-0.1, -0.05) is 12.1 Å². The third-order valence-corrected chi connectivity index (χ3v) is 6.22. The summed E-state index contributed by atoms with van der Waals surface area (Å²) < 4.78 is 26.1. The van der Waals surface area contributed by atoms with E-state index >= 15 is 0 Å². The first-order valence-electron chi connectivity index (χ1n) is 11.9. The monoisotopic (exact) mass is 509 g/mol. The molecule has 0 bridgehead atoms. The molecule has 7 nitrogen and oxygen atoms in total. The van der Waals surface area contributed by atoms with Crippen LogP contribution in [-0.4, -0.2) is 27.4 Å². The minimum Gasteiger partial charge on any atom is -0.495 e. The zero-order valence-corrected chi connectivity index (χ0v) is 21.1. The molecule has 0 unspecified atom stereocenters. The first-order valence-corrected chi connectivity index (χ1v) is 11.9. The fraction of sp³-hybridized carbons (Fsp3) is 0.133. The summed E-state index contributed by atoms with van der Waals surface area (Å²) in [6.45, 7) is 3.53. The quantitative estimate of drug-likeness (QED) is 0.259. The molecule has 0 aliphatic carbocycles. The minimum atomic E-state index is -0.423. The molecule has 0 saturated carbocycles. The molecule has 0 fully saturated rings. The van der Waals surface area contributed by atoms with Crippen molar-refractivity contribution in [2.45, 2.75) is 20.3 Å². The summed E-state index contributed by atoms with van der Waals surface area (Å²) >= 11 is 0. The molecule has 3 heterocycles. The number of carbonyl (C=O) groups excluding carboxylic acids is 1. The van der Waals surface area contributed by atoms with Gasteiger partial charge in [0.15, 0.2) is 11.5 Å². The largest absolute Gasteiger partial charge is 0.495 e. The number of Topliss-reactive ketones (excluding diaryl/α,β-unsaturated/α-hetero) is 1. The average molecular weight is 510 g/mol. The highest BCUT2D eigenvalue weighted by atomic mass is 19.1. The van der Waals surface area contributed by atoms with Crippen LogP contribution in [0.3, 0.4) is 0 Å². The number of methoxy groups -OCH3 is 1. The molecule has 3 aromatic heterocycles. The molecule has 0 radical (unpaired) electrons. The van der Waals surface area contributed by atoms with Gasteiger partial charge in [-0.25, -0.2) is 9.37 Å². The van der Waals surface area contributed by atoms with Gasteiger partial charge in [0, 0.05) is 36.1 Å². The third-order valence-electron chi connectivity index (χ3n) is 6.22. The van der Waals surface area contributed by atoms with Crippen molar-refractivity contribution in [2.75, 3.05) is 7.11 Å². The molecule has 2 aromatic carbocycles. The van der Waals surface area contributed by atoms with Gasteiger partial charge in [-0.15, -0.1) is 0 Å². The van der Waals surface area contributed by atoms with Crippen LogP contribution in [0.4, 0.5) is 4.39 Å². The number of halogens is 1. The zero-order valence-electron chi connectivity index (χ0n) is 21.1. The maximum Gasteiger partial charge on any atom is 0.266 e. The molecule has 190 valence electrons. The number of fused-ring (bicyclic) bond motifs is 1. The van der Waals surface area contributed by atoms with E-state index in [0.29, 0.717) is 45.2 Å². The lowest BCUT2D eigenvalue weighted by molar-refractivity contribution is 0.0990. The van der Waals surface area contributed by atoms with E-state index < -0.39 is 11.4 Å². The average Bonchev–Trinajstić information content (AvgIpc) is 2.90. The smallest absolute Gasteiger partial charge is 0.266 e. The van der Waals surface area contributed by atoms with Crippen molar-refractivity contribution in [1.82, 2.24) is 14.5 Å². The molecule has 5 aromatic rings. The van der Waals surface area contributed by atoms with Gasteiger partial charge in [0.25, 0.3) is 5.56 Å². The molecule has 0 spiro atoms. The second kappa shape index (κ2) is 10.3. The standard InChI is InChI=1S/C30H24FN3O4/c1-18-14-19(2)34(22-8-6-21(31)7-9-22)30(36)28(18)26(35)15-20-4-10-23(11-5-20)38-27-12-13-32-25-16-24(37-3)17-33-29(25)27/h4-14,16-17H,15H2,1-3H3. The third kappa shape index (κ3) is 4.88. The van der Waals surface area contributed by atoms with Gasteiger partial charge < -0.3 is 9.47 Å². The van der Waals surface area contributed by atoms with Crippen molar-refractivity contribution < 1.29 is 18.7 Å². The molecule has 8 heteroatoms. The first-order chi connectivity index (χ1) is 18.3. The van der Waals surface area contributed by atoms with Crippen LogP contribution in [0.5, 0.6) is 17.2 Å². The van der Waals surface area contributed by atoms with Gasteiger partial charge in [0.05, 0.1) is 24.4 Å². The van der Waals surface area contributed by atoms with Gasteiger partial charge in [-0.3, -0.25) is 19.1 Å². The zero-order chi connectivity index (χ0) is 26.8. The fourth-order valence-corrected chi connectivity index (χ4v) is 4.40. The topological polar surface area (TPSA) is 83.3 Å². The predicted octanol–water partition coefficient (Wildman–Crippen LogP) is 5.76. The molecule has 38 heavy (non-hydrogen) atoms. The highest BCUT2D eigenvalue weighted by Gasteiger charge is 2.19. The molecule has 0 saturated heterocycles. The second-order valence-corrected chi connectivity index (χ2v) is 8.86. The summed E-state index contributed by atoms with van der Waals surface area (Å²) in [5.41, 5.74) is 3.43. The summed E-state index contributed by atoms with van der Waals surface area (Å²) in [5.74, 6) is 1.01. The molecule has 0 N–H and O–H groups in total. The molecular formula is C30H24FN3O4. The van der Waals surface area contributed by atoms with Gasteiger partial charge in [0.1, 0.15) is 22.8 Å². The lowest BCUT2D eigenvalue weighted by Gasteiger charge is -2.14. The number of ketones is 1. The number of aromatic nitrogens is 3. The second-order valence-electron chi connectivity index (χ2n) is 8.86. The molecule has 0 aliphatic rings. The SMILES string of the molecule is COc1cnc2c(Oc3ccc(CC(=O)c4c(C)cc(C)n(-c5ccc(F)cc5)c4=O)cc3)ccnc2c1. The number of ether oxygens (including phenoxy) is 2. The van der Waals surface area contributed by atoms with Gasteiger partial charge in [-0.2, -0.15) is 0 Å². The molecule has 5 rings (SSSR count). The normalized spacial score (nSPS) is 10.9. The summed E-state index contributed by atoms with van der Waals surface area (Å²) in [4.78, 5) is 35.3. The Labute approximate surface area is 218 Å². The van der Waals surface area contributed by atoms with E-state index in [1.54, 1.807) is 75.8 Å². The van der Waals surface area contributed by atoms with E-state index in [-0.39, 0.29) is 17.8 Å². The molecule has 0 atom stereocenters. The van der Waals surface area contributed by atoms with Crippen molar-refractivity contribution in [3.05, 3.63) is 118 Å². The van der Waals surface area contributed by atoms with Crippen LogP contribution in [0, 0.1) is 19.7 Å². The van der Waals surface area contributed by atoms with Crippen LogP contribution in [0.15, 0.2) is 83.9 Å². The van der Waals surface area contributed by atoms with E-state index in [4.69, 9.17) is 9.47 Å². The van der Waals surface area contributed by atoms with Crippen molar-refractivity contribution in [3.8, 4) is 22.9 Å². The van der Waals surface area contributed by atoms with E-state index in [9.17, 15) is 14.0 Å². The Morgan fingerprint density at radius 2 is 1.68 bits per heavy atom. The summed E-state index contributed by atoms with van der Waals surface area (Å²) in [6.07, 6.45) is 3.28. The van der Waals surface area contributed by atoms with Gasteiger partial charge in [-0.05, 0) is 67.4 Å². The van der Waals surface area contributed by atoms with Crippen molar-refractivity contribution in [2.24, 2.45) is 0 Å². The van der Waals surface area contributed by atoms with E-state index in [0.717, 1.165) is 5.56 Å². The first kappa shape index (κ1) is 24.8. The molecule has 0 aliphatic heterocycles. The summed E-state index contributed by atoms with van der Waals surface area (Å²) in [7, 11) is 1.57. The number of rotatable bonds is 7. The Morgan fingerprint density at radius 1 is 0.947 bits per heavy atom. The van der Waals surface area contributed by atoms with E-state index in [1.807, 2.05) is 0 Å². The van der Waals surface area contributed by atoms with Crippen molar-refractivity contribution >= 4 is 16.8 Å². The maximum absolute atomic E-state index is 13.4. The Hall–Kier alpha value is -4.85. The van der Waals surface area contributed by atoms with Crippen LogP contribution in [0.2, 0.25) is 0 Å². The predicted molar refractivity (Wildman–Crippen MR) is 142 cm³/mol. The van der Waals surface area contributed by atoms with Crippen molar-refractivity contribution in [3.63, 3.8) is 0 Å². The van der Waals surface area contributed by atoms with E-state index in [1.165, 1.54) is 28.8 Å². The minimum absolute atomic E-state index is 0.0440. The number of nitrogens with zero attached hydrogens (tertiary/aromatic N) is 3. The van der Waals surface area contributed by atoms with Crippen LogP contribution in [0.1, 0.15) is 27.2 Å². The Balaban J connectivity index is 1.37. The number of benzene rings is 2. The van der Waals surface area contributed by atoms with E-state index in [2.05, 4.69) is 9.97 Å². The lowest BCUT2D eigenvalue weighted by atomic mass is 9.99. The number of pyridine rings is 3. The molecular weight excluding hydrogens is 485 g/mol.